The highest BCUT2D eigenvalue weighted by Gasteiger charge is 2.38. The van der Waals surface area contributed by atoms with Gasteiger partial charge in [0.2, 0.25) is 0 Å². The molecule has 0 saturated heterocycles. The summed E-state index contributed by atoms with van der Waals surface area (Å²) >= 11 is 5.69. The van der Waals surface area contributed by atoms with Crippen LogP contribution >= 0.6 is 11.6 Å². The molecule has 0 radical (unpaired) electrons. The summed E-state index contributed by atoms with van der Waals surface area (Å²) in [6.07, 6.45) is -1.30. The van der Waals surface area contributed by atoms with Gasteiger partial charge in [0.25, 0.3) is 5.92 Å². The van der Waals surface area contributed by atoms with Gasteiger partial charge in [-0.15, -0.1) is 0 Å². The van der Waals surface area contributed by atoms with Gasteiger partial charge in [0.1, 0.15) is 12.2 Å². The molecule has 0 bridgehead atoms. The summed E-state index contributed by atoms with van der Waals surface area (Å²) in [6, 6.07) is 2.50. The maximum atomic E-state index is 13.7. The molecule has 1 aromatic carbocycles. The molecule has 6 heteroatoms. The van der Waals surface area contributed by atoms with E-state index < -0.39 is 23.9 Å². The second-order valence-corrected chi connectivity index (χ2v) is 4.01. The van der Waals surface area contributed by atoms with Gasteiger partial charge in [-0.1, -0.05) is 11.6 Å². The molecule has 3 nitrogen and oxygen atoms in total. The average molecular weight is 265 g/mol. The number of carbonyl (C=O) groups is 1. The van der Waals surface area contributed by atoms with Gasteiger partial charge in [0, 0.05) is 5.02 Å². The second-order valence-electron chi connectivity index (χ2n) is 3.58. The van der Waals surface area contributed by atoms with Crippen molar-refractivity contribution in [1.82, 2.24) is 0 Å². The van der Waals surface area contributed by atoms with Crippen LogP contribution in [0.1, 0.15) is 17.5 Å². The fraction of sp³-hybridized carbons (Fsp3) is 0.364. The molecule has 0 aliphatic carbocycles. The molecule has 0 fully saturated rings. The third-order valence-electron chi connectivity index (χ3n) is 2.21. The van der Waals surface area contributed by atoms with E-state index in [1.54, 1.807) is 6.92 Å². The maximum Gasteiger partial charge on any atom is 0.309 e. The lowest BCUT2D eigenvalue weighted by Gasteiger charge is -2.19. The van der Waals surface area contributed by atoms with E-state index in [0.29, 0.717) is 5.56 Å². The van der Waals surface area contributed by atoms with E-state index in [2.05, 4.69) is 0 Å². The highest BCUT2D eigenvalue weighted by atomic mass is 35.5. The minimum atomic E-state index is -3.52. The number of ether oxygens (including phenoxy) is 1. The van der Waals surface area contributed by atoms with E-state index in [9.17, 15) is 13.6 Å². The molecule has 1 rings (SSSR count). The molecule has 0 spiro atoms. The zero-order valence-corrected chi connectivity index (χ0v) is 10.0. The van der Waals surface area contributed by atoms with Crippen LogP contribution in [0.2, 0.25) is 5.02 Å². The Morgan fingerprint density at radius 2 is 2.12 bits per heavy atom. The normalized spacial score (nSPS) is 11.4. The summed E-state index contributed by atoms with van der Waals surface area (Å²) in [4.78, 5) is 10.4. The van der Waals surface area contributed by atoms with Crippen molar-refractivity contribution in [3.8, 4) is 5.75 Å². The van der Waals surface area contributed by atoms with E-state index in [1.807, 2.05) is 0 Å². The quantitative estimate of drug-likeness (QED) is 0.908. The van der Waals surface area contributed by atoms with Crippen LogP contribution in [0, 0.1) is 6.92 Å². The number of aryl methyl sites for hydroxylation is 1. The Bertz CT molecular complexity index is 447. The highest BCUT2D eigenvalue weighted by molar-refractivity contribution is 6.30. The van der Waals surface area contributed by atoms with Gasteiger partial charge >= 0.3 is 5.97 Å². The third-order valence-corrected chi connectivity index (χ3v) is 2.43. The first kappa shape index (κ1) is 13.7. The third kappa shape index (κ3) is 3.06. The summed E-state index contributed by atoms with van der Waals surface area (Å²) in [5.74, 6) is -5.15. The van der Waals surface area contributed by atoms with Gasteiger partial charge in [0.05, 0.1) is 12.7 Å². The number of methoxy groups -OCH3 is 1. The number of hydrogen-bond acceptors (Lipinski definition) is 2. The molecule has 0 unspecified atom stereocenters. The van der Waals surface area contributed by atoms with Crippen LogP contribution in [0.3, 0.4) is 0 Å². The van der Waals surface area contributed by atoms with Crippen molar-refractivity contribution in [2.45, 2.75) is 19.3 Å². The molecule has 0 amide bonds. The van der Waals surface area contributed by atoms with Crippen LogP contribution in [0.25, 0.3) is 0 Å². The summed E-state index contributed by atoms with van der Waals surface area (Å²) in [7, 11) is 1.25. The van der Waals surface area contributed by atoms with Gasteiger partial charge in [0.15, 0.2) is 0 Å². The first-order valence-corrected chi connectivity index (χ1v) is 5.10. The zero-order chi connectivity index (χ0) is 13.2. The summed E-state index contributed by atoms with van der Waals surface area (Å²) in [5, 5.41) is 8.57. The lowest BCUT2D eigenvalue weighted by Crippen LogP contribution is -2.19. The van der Waals surface area contributed by atoms with E-state index in [4.69, 9.17) is 21.4 Å². The number of hydrogen-bond donors (Lipinski definition) is 1. The van der Waals surface area contributed by atoms with Crippen molar-refractivity contribution in [2.75, 3.05) is 7.11 Å². The van der Waals surface area contributed by atoms with Gasteiger partial charge < -0.3 is 9.84 Å². The Hall–Kier alpha value is -1.36. The van der Waals surface area contributed by atoms with Crippen LogP contribution in [0.5, 0.6) is 5.75 Å². The molecule has 0 aromatic heterocycles. The van der Waals surface area contributed by atoms with Crippen molar-refractivity contribution in [3.63, 3.8) is 0 Å². The van der Waals surface area contributed by atoms with Gasteiger partial charge in [-0.05, 0) is 24.6 Å². The van der Waals surface area contributed by atoms with E-state index in [1.165, 1.54) is 13.2 Å². The molecule has 94 valence electrons. The highest BCUT2D eigenvalue weighted by Crippen LogP contribution is 2.40. The first-order valence-electron chi connectivity index (χ1n) is 4.72. The Balaban J connectivity index is 3.33. The Kier molecular flexibility index (Phi) is 3.93. The minimum absolute atomic E-state index is 0.0411. The van der Waals surface area contributed by atoms with Crippen molar-refractivity contribution < 1.29 is 23.4 Å². The van der Waals surface area contributed by atoms with Gasteiger partial charge in [-0.2, -0.15) is 0 Å². The smallest absolute Gasteiger partial charge is 0.309 e. The fourth-order valence-corrected chi connectivity index (χ4v) is 1.83. The number of carboxylic acid groups (broad SMARTS) is 1. The van der Waals surface area contributed by atoms with Crippen LogP contribution in [0.4, 0.5) is 8.78 Å². The standard InChI is InChI=1S/C11H11ClF2O3/c1-6-3-7(12)4-8(10(6)17-2)11(13,14)5-9(15)16/h3-4H,5H2,1-2H3,(H,15,16). The van der Waals surface area contributed by atoms with E-state index >= 15 is 0 Å². The second kappa shape index (κ2) is 4.87. The number of rotatable bonds is 4. The molecule has 0 heterocycles. The molecule has 0 aliphatic rings. The van der Waals surface area contributed by atoms with Gasteiger partial charge in [-0.3, -0.25) is 4.79 Å². The van der Waals surface area contributed by atoms with Crippen LogP contribution in [0.15, 0.2) is 12.1 Å². The molecule has 1 N–H and O–H groups in total. The predicted molar refractivity (Wildman–Crippen MR) is 58.9 cm³/mol. The monoisotopic (exact) mass is 264 g/mol. The molecular formula is C11H11ClF2O3. The first-order chi connectivity index (χ1) is 7.77. The number of halogens is 3. The summed E-state index contributed by atoms with van der Waals surface area (Å²) in [5.41, 5.74) is -0.0764. The molecular weight excluding hydrogens is 254 g/mol. The van der Waals surface area contributed by atoms with Crippen LogP contribution in [-0.2, 0) is 10.7 Å². The van der Waals surface area contributed by atoms with Crippen LogP contribution < -0.4 is 4.74 Å². The zero-order valence-electron chi connectivity index (χ0n) is 9.26. The number of alkyl halides is 2. The molecule has 0 saturated carbocycles. The van der Waals surface area contributed by atoms with Crippen LogP contribution in [-0.4, -0.2) is 18.2 Å². The lowest BCUT2D eigenvalue weighted by atomic mass is 10.0. The minimum Gasteiger partial charge on any atom is -0.496 e. The average Bonchev–Trinajstić information content (AvgIpc) is 2.14. The largest absolute Gasteiger partial charge is 0.496 e. The summed E-state index contributed by atoms with van der Waals surface area (Å²) in [6.45, 7) is 1.56. The molecule has 0 aliphatic heterocycles. The predicted octanol–water partition coefficient (Wildman–Crippen LogP) is 3.22. The SMILES string of the molecule is COc1c(C)cc(Cl)cc1C(F)(F)CC(=O)O. The number of aliphatic carboxylic acids is 1. The molecule has 1 aromatic rings. The lowest BCUT2D eigenvalue weighted by molar-refractivity contribution is -0.145. The van der Waals surface area contributed by atoms with Crippen molar-refractivity contribution >= 4 is 17.6 Å². The van der Waals surface area contributed by atoms with Crippen molar-refractivity contribution in [1.29, 1.82) is 0 Å². The molecule has 17 heavy (non-hydrogen) atoms. The Morgan fingerprint density at radius 3 is 2.59 bits per heavy atom. The van der Waals surface area contributed by atoms with Crippen molar-refractivity contribution in [3.05, 3.63) is 28.3 Å². The number of benzene rings is 1. The number of carboxylic acids is 1. The van der Waals surface area contributed by atoms with E-state index in [0.717, 1.165) is 6.07 Å². The maximum absolute atomic E-state index is 13.7. The van der Waals surface area contributed by atoms with Gasteiger partial charge in [-0.25, -0.2) is 8.78 Å². The topological polar surface area (TPSA) is 46.5 Å². The van der Waals surface area contributed by atoms with Crippen molar-refractivity contribution in [2.24, 2.45) is 0 Å². The fourth-order valence-electron chi connectivity index (χ4n) is 1.56. The van der Waals surface area contributed by atoms with E-state index in [-0.39, 0.29) is 10.8 Å². The Labute approximate surface area is 102 Å². The summed E-state index contributed by atoms with van der Waals surface area (Å²) < 4.78 is 32.3. The Morgan fingerprint density at radius 1 is 1.53 bits per heavy atom. The molecule has 0 atom stereocenters.